The fraction of sp³-hybridized carbons (Fsp3) is 0.889. The predicted octanol–water partition coefficient (Wildman–Crippen LogP) is 13.3. The van der Waals surface area contributed by atoms with Crippen LogP contribution in [0.1, 0.15) is 194 Å². The zero-order chi connectivity index (χ0) is 28.5. The summed E-state index contributed by atoms with van der Waals surface area (Å²) in [6.45, 7) is 4.55. The van der Waals surface area contributed by atoms with Crippen molar-refractivity contribution in [1.82, 2.24) is 0 Å². The van der Waals surface area contributed by atoms with Crippen molar-refractivity contribution in [1.29, 1.82) is 0 Å². The smallest absolute Gasteiger partial charge is 0.200 e. The van der Waals surface area contributed by atoms with Crippen molar-refractivity contribution < 1.29 is 26.8 Å². The number of hydrogen-bond donors (Lipinski definition) is 1. The first-order valence-corrected chi connectivity index (χ1v) is 19.8. The van der Waals surface area contributed by atoms with Crippen LogP contribution in [0.4, 0.5) is 0 Å². The van der Waals surface area contributed by atoms with E-state index in [-0.39, 0.29) is 17.4 Å². The molecule has 0 bridgehead atoms. The molecule has 0 aliphatic carbocycles. The molecule has 0 rings (SSSR count). The van der Waals surface area contributed by atoms with E-state index in [1.807, 2.05) is 0 Å². The van der Waals surface area contributed by atoms with Crippen LogP contribution in [0.15, 0.2) is 24.3 Å². The first-order chi connectivity index (χ1) is 19.1. The standard InChI is InChI=1S/C36H71O2P.Cr/c1-3-5-7-9-11-13-15-17-19-21-23-25-27-29-31-33-35-39(37,38)36-34-32-30-28-26-24-22-20-18-16-14-12-10-8-6-4-2;/h17-20H,3-16,21-36H2,1-2H3,(H,37,38);/b19-17-,20-18-;. The fourth-order valence-corrected chi connectivity index (χ4v) is 6.98. The molecule has 0 aromatic carbocycles. The average Bonchev–Trinajstić information content (AvgIpc) is 2.92. The number of unbranched alkanes of at least 4 members (excludes halogenated alkanes) is 24. The van der Waals surface area contributed by atoms with Crippen molar-refractivity contribution in [3.8, 4) is 0 Å². The summed E-state index contributed by atoms with van der Waals surface area (Å²) in [4.78, 5) is 10.3. The molecule has 0 fully saturated rings. The minimum atomic E-state index is -2.89. The molecule has 0 unspecified atom stereocenters. The van der Waals surface area contributed by atoms with Gasteiger partial charge in [0.05, 0.1) is 0 Å². The summed E-state index contributed by atoms with van der Waals surface area (Å²) in [6.07, 6.45) is 46.4. The van der Waals surface area contributed by atoms with Crippen molar-refractivity contribution in [3.63, 3.8) is 0 Å². The van der Waals surface area contributed by atoms with Crippen LogP contribution in [-0.4, -0.2) is 17.2 Å². The van der Waals surface area contributed by atoms with Crippen molar-refractivity contribution >= 4 is 7.37 Å². The number of hydrogen-bond acceptors (Lipinski definition) is 1. The van der Waals surface area contributed by atoms with Gasteiger partial charge < -0.3 is 4.89 Å². The molecule has 1 N–H and O–H groups in total. The first-order valence-electron chi connectivity index (χ1n) is 17.7. The molecular weight excluding hydrogens is 547 g/mol. The third-order valence-corrected chi connectivity index (χ3v) is 10.1. The molecule has 0 atom stereocenters. The Morgan fingerprint density at radius 3 is 0.900 bits per heavy atom. The Labute approximate surface area is 263 Å². The van der Waals surface area contributed by atoms with Gasteiger partial charge in [-0.2, -0.15) is 0 Å². The summed E-state index contributed by atoms with van der Waals surface area (Å²) < 4.78 is 12.4. The Bertz CT molecular complexity index is 529. The van der Waals surface area contributed by atoms with E-state index in [2.05, 4.69) is 38.2 Å². The zero-order valence-corrected chi connectivity index (χ0v) is 29.4. The molecule has 0 spiro atoms. The molecule has 0 aromatic rings. The Kier molecular flexibility index (Phi) is 37.5. The Morgan fingerprint density at radius 2 is 0.625 bits per heavy atom. The Hall–Kier alpha value is 0.202. The van der Waals surface area contributed by atoms with E-state index < -0.39 is 7.37 Å². The Balaban J connectivity index is 0. The molecule has 0 heterocycles. The monoisotopic (exact) mass is 618 g/mol. The van der Waals surface area contributed by atoms with Crippen molar-refractivity contribution in [2.45, 2.75) is 194 Å². The molecule has 0 aromatic heterocycles. The van der Waals surface area contributed by atoms with Gasteiger partial charge in [0.2, 0.25) is 7.37 Å². The van der Waals surface area contributed by atoms with Gasteiger partial charge in [0, 0.05) is 29.7 Å². The van der Waals surface area contributed by atoms with Crippen LogP contribution in [0.2, 0.25) is 0 Å². The summed E-state index contributed by atoms with van der Waals surface area (Å²) in [5.74, 6) is 0. The normalized spacial score (nSPS) is 12.1. The van der Waals surface area contributed by atoms with E-state index in [1.54, 1.807) is 0 Å². The maximum Gasteiger partial charge on any atom is 0.200 e. The molecule has 4 heteroatoms. The minimum absolute atomic E-state index is 0. The van der Waals surface area contributed by atoms with Crippen LogP contribution in [0.5, 0.6) is 0 Å². The predicted molar refractivity (Wildman–Crippen MR) is 178 cm³/mol. The van der Waals surface area contributed by atoms with Crippen LogP contribution in [-0.2, 0) is 21.9 Å². The van der Waals surface area contributed by atoms with E-state index in [4.69, 9.17) is 0 Å². The maximum absolute atomic E-state index is 12.4. The molecule has 0 aliphatic rings. The van der Waals surface area contributed by atoms with E-state index >= 15 is 0 Å². The van der Waals surface area contributed by atoms with Gasteiger partial charge in [-0.25, -0.2) is 0 Å². The summed E-state index contributed by atoms with van der Waals surface area (Å²) >= 11 is 0. The van der Waals surface area contributed by atoms with Crippen molar-refractivity contribution in [2.75, 3.05) is 12.3 Å². The SMILES string of the molecule is CCCCCCCC/C=C\CCCCCCCCP(=O)(O)CCCCCCCC/C=C\CCCCCCCC.[Cr]. The van der Waals surface area contributed by atoms with Crippen LogP contribution in [0, 0.1) is 0 Å². The van der Waals surface area contributed by atoms with Crippen LogP contribution in [0.25, 0.3) is 0 Å². The quantitative estimate of drug-likeness (QED) is 0.0463. The van der Waals surface area contributed by atoms with Gasteiger partial charge in [0.25, 0.3) is 0 Å². The Morgan fingerprint density at radius 1 is 0.400 bits per heavy atom. The second-order valence-corrected chi connectivity index (χ2v) is 14.8. The molecule has 40 heavy (non-hydrogen) atoms. The van der Waals surface area contributed by atoms with Crippen LogP contribution < -0.4 is 0 Å². The second kappa shape index (κ2) is 35.4. The van der Waals surface area contributed by atoms with Crippen molar-refractivity contribution in [2.24, 2.45) is 0 Å². The van der Waals surface area contributed by atoms with Crippen molar-refractivity contribution in [3.05, 3.63) is 24.3 Å². The molecule has 238 valence electrons. The van der Waals surface area contributed by atoms with E-state index in [0.29, 0.717) is 12.3 Å². The number of rotatable bonds is 32. The summed E-state index contributed by atoms with van der Waals surface area (Å²) in [6, 6.07) is 0. The molecular formula is C36H71CrO2P. The molecule has 0 radical (unpaired) electrons. The topological polar surface area (TPSA) is 37.3 Å². The maximum atomic E-state index is 12.4. The van der Waals surface area contributed by atoms with Gasteiger partial charge in [0.1, 0.15) is 0 Å². The summed E-state index contributed by atoms with van der Waals surface area (Å²) in [5, 5.41) is 0. The summed E-state index contributed by atoms with van der Waals surface area (Å²) in [5.41, 5.74) is 0. The fourth-order valence-electron chi connectivity index (χ4n) is 5.32. The van der Waals surface area contributed by atoms with E-state index in [9.17, 15) is 9.46 Å². The average molecular weight is 619 g/mol. The van der Waals surface area contributed by atoms with Crippen LogP contribution in [0.3, 0.4) is 0 Å². The van der Waals surface area contributed by atoms with Crippen LogP contribution >= 0.6 is 7.37 Å². The van der Waals surface area contributed by atoms with Gasteiger partial charge in [0.15, 0.2) is 0 Å². The minimum Gasteiger partial charge on any atom is -0.344 e. The van der Waals surface area contributed by atoms with Gasteiger partial charge >= 0.3 is 0 Å². The molecule has 0 saturated carbocycles. The molecule has 0 saturated heterocycles. The second-order valence-electron chi connectivity index (χ2n) is 12.2. The molecule has 2 nitrogen and oxygen atoms in total. The first kappa shape index (κ1) is 42.3. The molecule has 0 amide bonds. The third-order valence-electron chi connectivity index (χ3n) is 8.04. The van der Waals surface area contributed by atoms with Gasteiger partial charge in [-0.15, -0.1) is 0 Å². The third kappa shape index (κ3) is 36.2. The van der Waals surface area contributed by atoms with Gasteiger partial charge in [-0.1, -0.05) is 154 Å². The molecule has 0 aliphatic heterocycles. The van der Waals surface area contributed by atoms with Gasteiger partial charge in [-0.3, -0.25) is 4.57 Å². The number of allylic oxidation sites excluding steroid dienone is 4. The van der Waals surface area contributed by atoms with Gasteiger partial charge in [-0.05, 0) is 64.2 Å². The summed E-state index contributed by atoms with van der Waals surface area (Å²) in [7, 11) is -2.89. The van der Waals surface area contributed by atoms with E-state index in [0.717, 1.165) is 25.7 Å². The zero-order valence-electron chi connectivity index (χ0n) is 27.2. The van der Waals surface area contributed by atoms with E-state index in [1.165, 1.54) is 154 Å². The largest absolute Gasteiger partial charge is 0.344 e.